The molecule has 0 heterocycles. The van der Waals surface area contributed by atoms with Crippen molar-refractivity contribution in [2.75, 3.05) is 0 Å². The summed E-state index contributed by atoms with van der Waals surface area (Å²) in [5, 5.41) is 9.08. The molecule has 0 bridgehead atoms. The molecule has 6 nitrogen and oxygen atoms in total. The van der Waals surface area contributed by atoms with E-state index in [0.29, 0.717) is 25.2 Å². The number of carbonyl (C=O) groups is 2. The molecule has 35 heavy (non-hydrogen) atoms. The van der Waals surface area contributed by atoms with Gasteiger partial charge in [-0.1, -0.05) is 38.1 Å². The Bertz CT molecular complexity index is 1060. The van der Waals surface area contributed by atoms with E-state index in [1.807, 2.05) is 19.1 Å². The number of carbonyl (C=O) groups excluding carboxylic acids is 2. The predicted molar refractivity (Wildman–Crippen MR) is 126 cm³/mol. The number of Topliss-reactive ketones (excluding diaryl/α,β-unsaturated/α-hetero) is 2. The smallest absolute Gasteiger partial charge is 0.508 e. The molecule has 0 amide bonds. The molecule has 0 unspecified atom stereocenters. The predicted octanol–water partition coefficient (Wildman–Crippen LogP) is 5.62. The van der Waals surface area contributed by atoms with E-state index in [4.69, 9.17) is 5.11 Å². The van der Waals surface area contributed by atoms with Crippen LogP contribution in [0.1, 0.15) is 51.7 Å². The van der Waals surface area contributed by atoms with E-state index in [2.05, 4.69) is 11.1 Å². The second-order valence-corrected chi connectivity index (χ2v) is 10.3. The number of hydrogen-bond acceptors (Lipinski definition) is 6. The number of aromatic hydroxyl groups is 1. The van der Waals surface area contributed by atoms with Gasteiger partial charge < -0.3 is 18.9 Å². The van der Waals surface area contributed by atoms with Crippen LogP contribution in [-0.2, 0) is 32.5 Å². The first kappa shape index (κ1) is 30.2. The van der Waals surface area contributed by atoms with Gasteiger partial charge in [-0.25, -0.2) is 0 Å². The highest BCUT2D eigenvalue weighted by Crippen LogP contribution is 2.27. The summed E-state index contributed by atoms with van der Waals surface area (Å²) in [5.74, 6) is 0.628. The number of alkyl halides is 3. The number of benzene rings is 2. The minimum Gasteiger partial charge on any atom is -0.508 e. The van der Waals surface area contributed by atoms with Gasteiger partial charge in [-0.15, -0.1) is 0 Å². The molecular weight excluding hydrogens is 485 g/mol. The summed E-state index contributed by atoms with van der Waals surface area (Å²) >= 11 is 0. The fourth-order valence-corrected chi connectivity index (χ4v) is 3.88. The summed E-state index contributed by atoms with van der Waals surface area (Å²) in [5.41, 5.74) is -3.51. The molecule has 0 saturated carbocycles. The van der Waals surface area contributed by atoms with Crippen molar-refractivity contribution in [1.82, 2.24) is 0 Å². The first-order valence-corrected chi connectivity index (χ1v) is 12.4. The van der Waals surface area contributed by atoms with Crippen LogP contribution >= 0.6 is 0 Å². The van der Waals surface area contributed by atoms with Gasteiger partial charge in [-0.2, -0.15) is 21.6 Å². The van der Waals surface area contributed by atoms with Crippen molar-refractivity contribution < 1.29 is 40.5 Å². The molecule has 0 aliphatic carbocycles. The maximum atomic E-state index is 12.1. The van der Waals surface area contributed by atoms with Gasteiger partial charge in [0.1, 0.15) is 23.1 Å². The van der Waals surface area contributed by atoms with Crippen molar-refractivity contribution in [1.29, 1.82) is 0 Å². The van der Waals surface area contributed by atoms with Crippen LogP contribution in [0.4, 0.5) is 13.2 Å². The Labute approximate surface area is 204 Å². The molecule has 2 atom stereocenters. The molecule has 2 aromatic rings. The number of rotatable bonds is 10. The summed E-state index contributed by atoms with van der Waals surface area (Å²) in [6.45, 7) is 7.04. The minimum absolute atomic E-state index is 0.0544. The zero-order valence-corrected chi connectivity index (χ0v) is 20.9. The van der Waals surface area contributed by atoms with Gasteiger partial charge in [0, 0.05) is 12.8 Å². The molecule has 194 valence electrons. The molecule has 0 aromatic heterocycles. The van der Waals surface area contributed by atoms with Crippen molar-refractivity contribution in [3.63, 3.8) is 0 Å². The standard InChI is InChI=1S/C13H15F3O4S.C12H16O2/c1-9(7-10(2)17)8-11-3-5-12(6-4-11)20-21(18,19)13(14,15)16;1-9(7-10(2)13)8-11-3-5-12(14)6-4-11/h3-6,9H,7-8H2,1-2H3;3-6,9,14H,7-8H2,1-2H3/t2*9-/m11/s1. The summed E-state index contributed by atoms with van der Waals surface area (Å²) in [7, 11) is -5.65. The highest BCUT2D eigenvalue weighted by atomic mass is 32.2. The molecule has 0 aliphatic rings. The van der Waals surface area contributed by atoms with Crippen molar-refractivity contribution in [2.24, 2.45) is 11.8 Å². The third-order valence-corrected chi connectivity index (χ3v) is 5.77. The molecule has 2 rings (SSSR count). The van der Waals surface area contributed by atoms with Gasteiger partial charge >= 0.3 is 15.6 Å². The van der Waals surface area contributed by atoms with Crippen LogP contribution in [0.2, 0.25) is 0 Å². The third-order valence-electron chi connectivity index (χ3n) is 4.79. The summed E-state index contributed by atoms with van der Waals surface area (Å²) in [6, 6.07) is 12.4. The molecule has 0 fully saturated rings. The van der Waals surface area contributed by atoms with E-state index in [9.17, 15) is 31.2 Å². The lowest BCUT2D eigenvalue weighted by molar-refractivity contribution is -0.118. The quantitative estimate of drug-likeness (QED) is 0.325. The largest absolute Gasteiger partial charge is 0.534 e. The average molecular weight is 517 g/mol. The molecule has 1 N–H and O–H groups in total. The van der Waals surface area contributed by atoms with E-state index >= 15 is 0 Å². The van der Waals surface area contributed by atoms with Gasteiger partial charge in [-0.05, 0) is 73.9 Å². The normalized spacial score (nSPS) is 13.2. The van der Waals surface area contributed by atoms with Crippen molar-refractivity contribution in [3.8, 4) is 11.5 Å². The Balaban J connectivity index is 0.000000379. The molecule has 2 aromatic carbocycles. The summed E-state index contributed by atoms with van der Waals surface area (Å²) < 4.78 is 62.1. The molecule has 0 saturated heterocycles. The number of phenolic OH excluding ortho intramolecular Hbond substituents is 1. The summed E-state index contributed by atoms with van der Waals surface area (Å²) in [6.07, 6.45) is 2.48. The van der Waals surface area contributed by atoms with Gasteiger partial charge in [0.15, 0.2) is 0 Å². The van der Waals surface area contributed by atoms with Gasteiger partial charge in [0.2, 0.25) is 0 Å². The number of phenols is 1. The Hall–Kier alpha value is -2.88. The maximum Gasteiger partial charge on any atom is 0.534 e. The lowest BCUT2D eigenvalue weighted by Crippen LogP contribution is -2.28. The number of halogens is 3. The molecule has 0 radical (unpaired) electrons. The fraction of sp³-hybridized carbons (Fsp3) is 0.440. The van der Waals surface area contributed by atoms with Crippen molar-refractivity contribution >= 4 is 21.7 Å². The first-order valence-electron chi connectivity index (χ1n) is 11.0. The Morgan fingerprint density at radius 1 is 0.829 bits per heavy atom. The molecule has 0 aliphatic heterocycles. The maximum absolute atomic E-state index is 12.1. The molecule has 0 spiro atoms. The van der Waals surface area contributed by atoms with Crippen LogP contribution in [0.5, 0.6) is 11.5 Å². The molecule has 10 heteroatoms. The lowest BCUT2D eigenvalue weighted by atomic mass is 9.96. The topological polar surface area (TPSA) is 97.7 Å². The minimum atomic E-state index is -5.65. The third kappa shape index (κ3) is 11.9. The highest BCUT2D eigenvalue weighted by molar-refractivity contribution is 7.88. The van der Waals surface area contributed by atoms with Crippen LogP contribution in [-0.4, -0.2) is 30.6 Å². The van der Waals surface area contributed by atoms with Crippen molar-refractivity contribution in [2.45, 2.75) is 58.9 Å². The van der Waals surface area contributed by atoms with Crippen molar-refractivity contribution in [3.05, 3.63) is 59.7 Å². The van der Waals surface area contributed by atoms with Crippen LogP contribution < -0.4 is 4.18 Å². The van der Waals surface area contributed by atoms with E-state index in [1.165, 1.54) is 19.1 Å². The lowest BCUT2D eigenvalue weighted by Gasteiger charge is -2.11. The van der Waals surface area contributed by atoms with E-state index in [0.717, 1.165) is 29.7 Å². The Morgan fingerprint density at radius 2 is 1.20 bits per heavy atom. The van der Waals surface area contributed by atoms with Gasteiger partial charge in [0.25, 0.3) is 0 Å². The second kappa shape index (κ2) is 13.3. The zero-order valence-electron chi connectivity index (χ0n) is 20.1. The fourth-order valence-electron chi connectivity index (χ4n) is 3.42. The first-order chi connectivity index (χ1) is 16.1. The summed E-state index contributed by atoms with van der Waals surface area (Å²) in [4.78, 5) is 21.8. The van der Waals surface area contributed by atoms with E-state index < -0.39 is 21.4 Å². The monoisotopic (exact) mass is 516 g/mol. The molecular formula is C25H31F3O6S. The SMILES string of the molecule is CC(=O)C[C@@H](C)Cc1ccc(O)cc1.CC(=O)C[C@@H](C)Cc1ccc(OS(=O)(=O)C(F)(F)F)cc1. The van der Waals surface area contributed by atoms with Gasteiger partial charge in [-0.3, -0.25) is 0 Å². The van der Waals surface area contributed by atoms with Crippen LogP contribution in [0.25, 0.3) is 0 Å². The highest BCUT2D eigenvalue weighted by Gasteiger charge is 2.48. The van der Waals surface area contributed by atoms with Crippen LogP contribution in [0.3, 0.4) is 0 Å². The Morgan fingerprint density at radius 3 is 1.54 bits per heavy atom. The van der Waals surface area contributed by atoms with Crippen LogP contribution in [0.15, 0.2) is 48.5 Å². The Kier molecular flexibility index (Phi) is 11.4. The second-order valence-electron chi connectivity index (χ2n) is 8.72. The zero-order chi connectivity index (χ0) is 26.8. The van der Waals surface area contributed by atoms with Crippen LogP contribution in [0, 0.1) is 11.8 Å². The van der Waals surface area contributed by atoms with Gasteiger partial charge in [0.05, 0.1) is 0 Å². The number of ketones is 2. The number of hydrogen-bond donors (Lipinski definition) is 1. The average Bonchev–Trinajstić information content (AvgIpc) is 2.69. The van der Waals surface area contributed by atoms with E-state index in [-0.39, 0.29) is 23.2 Å². The van der Waals surface area contributed by atoms with E-state index in [1.54, 1.807) is 19.1 Å².